The lowest BCUT2D eigenvalue weighted by atomic mass is 10.2. The smallest absolute Gasteiger partial charge is 0.421 e. The number of aromatic hydroxyl groups is 2. The minimum absolute atomic E-state index is 0.0178. The van der Waals surface area contributed by atoms with Gasteiger partial charge in [0.05, 0.1) is 21.5 Å². The summed E-state index contributed by atoms with van der Waals surface area (Å²) in [4.78, 5) is 24.7. The molecule has 0 fully saturated rings. The van der Waals surface area contributed by atoms with Gasteiger partial charge in [0.1, 0.15) is 11.2 Å². The average molecular weight is 364 g/mol. The highest BCUT2D eigenvalue weighted by atomic mass is 16.6. The molecule has 0 spiro atoms. The molecule has 0 saturated carbocycles. The van der Waals surface area contributed by atoms with Gasteiger partial charge in [0, 0.05) is 0 Å². The Balaban J connectivity index is 2.68. The number of carbonyl (C=O) groups excluding carboxylic acids is 2. The lowest BCUT2D eigenvalue weighted by Gasteiger charge is -2.20. The fraction of sp³-hybridized carbons (Fsp3) is 0.444. The number of aromatic nitrogens is 2. The maximum atomic E-state index is 12.3. The largest absolute Gasteiger partial charge is 0.494 e. The summed E-state index contributed by atoms with van der Waals surface area (Å²) >= 11 is 0. The van der Waals surface area contributed by atoms with E-state index in [9.17, 15) is 19.8 Å². The van der Waals surface area contributed by atoms with Crippen LogP contribution in [0, 0.1) is 0 Å². The maximum Gasteiger partial charge on any atom is 0.421 e. The molecule has 0 amide bonds. The zero-order valence-corrected chi connectivity index (χ0v) is 15.8. The highest BCUT2D eigenvalue weighted by molar-refractivity contribution is 5.99. The van der Waals surface area contributed by atoms with Gasteiger partial charge in [-0.1, -0.05) is 13.2 Å². The molecular formula is C18H24N2O6. The van der Waals surface area contributed by atoms with Crippen LogP contribution in [0.25, 0.3) is 23.9 Å². The molecule has 2 heterocycles. The highest BCUT2D eigenvalue weighted by Gasteiger charge is 2.30. The van der Waals surface area contributed by atoms with E-state index < -0.39 is 35.1 Å². The lowest BCUT2D eigenvalue weighted by Crippen LogP contribution is -2.33. The summed E-state index contributed by atoms with van der Waals surface area (Å²) < 4.78 is 12.1. The van der Waals surface area contributed by atoms with Crippen LogP contribution in [0.3, 0.4) is 0 Å². The monoisotopic (exact) mass is 364 g/mol. The predicted octanol–water partition coefficient (Wildman–Crippen LogP) is 2.24. The Hall–Kier alpha value is -2.90. The molecule has 0 radical (unpaired) electrons. The number of ether oxygens (including phenoxy) is 2. The standard InChI is InChI=1S/C18H24N2O6/c1-9-11-12(14(22)19(9)15(23)25-17(3,4)5)10(2)20(13(11)21)16(24)26-18(6,7)8/h21-22H,1-2H2,3-8H3. The fourth-order valence-electron chi connectivity index (χ4n) is 2.48. The van der Waals surface area contributed by atoms with E-state index in [0.29, 0.717) is 0 Å². The molecule has 2 rings (SSSR count). The molecule has 0 aromatic carbocycles. The Bertz CT molecular complexity index is 916. The molecule has 0 aliphatic heterocycles. The maximum absolute atomic E-state index is 12.3. The van der Waals surface area contributed by atoms with Gasteiger partial charge in [0.25, 0.3) is 0 Å². The Morgan fingerprint density at radius 2 is 1.04 bits per heavy atom. The molecule has 8 heteroatoms. The zero-order chi connectivity index (χ0) is 20.2. The molecular weight excluding hydrogens is 340 g/mol. The summed E-state index contributed by atoms with van der Waals surface area (Å²) in [5, 5.41) is 20.9. The Kier molecular flexibility index (Phi) is 4.35. The predicted molar refractivity (Wildman–Crippen MR) is 96.8 cm³/mol. The van der Waals surface area contributed by atoms with Crippen LogP contribution in [-0.4, -0.2) is 42.7 Å². The van der Waals surface area contributed by atoms with Crippen molar-refractivity contribution < 1.29 is 29.3 Å². The van der Waals surface area contributed by atoms with Crippen molar-refractivity contribution in [3.05, 3.63) is 10.7 Å². The molecule has 0 aliphatic rings. The quantitative estimate of drug-likeness (QED) is 0.743. The summed E-state index contributed by atoms with van der Waals surface area (Å²) in [5.74, 6) is -1.05. The molecule has 0 unspecified atom stereocenters. The van der Waals surface area contributed by atoms with E-state index in [4.69, 9.17) is 9.47 Å². The van der Waals surface area contributed by atoms with E-state index >= 15 is 0 Å². The number of carbonyl (C=O) groups is 2. The van der Waals surface area contributed by atoms with E-state index in [1.54, 1.807) is 41.5 Å². The third kappa shape index (κ3) is 3.26. The van der Waals surface area contributed by atoms with Crippen molar-refractivity contribution in [2.75, 3.05) is 0 Å². The Morgan fingerprint density at radius 3 is 1.27 bits per heavy atom. The van der Waals surface area contributed by atoms with Crippen LogP contribution < -0.4 is 10.7 Å². The molecule has 142 valence electrons. The highest BCUT2D eigenvalue weighted by Crippen LogP contribution is 2.29. The van der Waals surface area contributed by atoms with Crippen molar-refractivity contribution >= 4 is 36.1 Å². The molecule has 26 heavy (non-hydrogen) atoms. The van der Waals surface area contributed by atoms with Crippen molar-refractivity contribution in [3.63, 3.8) is 0 Å². The first-order valence-corrected chi connectivity index (χ1v) is 7.97. The van der Waals surface area contributed by atoms with Gasteiger partial charge in [-0.25, -0.2) is 18.7 Å². The molecule has 0 bridgehead atoms. The van der Waals surface area contributed by atoms with Crippen molar-refractivity contribution in [3.8, 4) is 11.8 Å². The van der Waals surface area contributed by atoms with Gasteiger partial charge < -0.3 is 19.7 Å². The van der Waals surface area contributed by atoms with E-state index in [1.807, 2.05) is 0 Å². The molecule has 0 atom stereocenters. The van der Waals surface area contributed by atoms with Crippen LogP contribution in [0.15, 0.2) is 0 Å². The van der Waals surface area contributed by atoms with Crippen molar-refractivity contribution in [1.82, 2.24) is 9.13 Å². The van der Waals surface area contributed by atoms with Crippen LogP contribution >= 0.6 is 0 Å². The average Bonchev–Trinajstić information content (AvgIpc) is 2.80. The van der Waals surface area contributed by atoms with E-state index in [0.717, 1.165) is 9.13 Å². The Morgan fingerprint density at radius 1 is 0.769 bits per heavy atom. The van der Waals surface area contributed by atoms with Gasteiger partial charge in [-0.2, -0.15) is 0 Å². The summed E-state index contributed by atoms with van der Waals surface area (Å²) in [6.45, 7) is 17.5. The van der Waals surface area contributed by atoms with Crippen LogP contribution in [0.4, 0.5) is 9.59 Å². The van der Waals surface area contributed by atoms with Gasteiger partial charge in [-0.3, -0.25) is 0 Å². The van der Waals surface area contributed by atoms with Crippen molar-refractivity contribution in [2.24, 2.45) is 0 Å². The van der Waals surface area contributed by atoms with Gasteiger partial charge in [-0.05, 0) is 41.5 Å². The minimum atomic E-state index is -0.862. The first kappa shape index (κ1) is 19.4. The van der Waals surface area contributed by atoms with Crippen molar-refractivity contribution in [1.29, 1.82) is 0 Å². The van der Waals surface area contributed by atoms with E-state index in [2.05, 4.69) is 13.2 Å². The van der Waals surface area contributed by atoms with Crippen LogP contribution in [0.1, 0.15) is 41.5 Å². The molecule has 8 nitrogen and oxygen atoms in total. The van der Waals surface area contributed by atoms with Gasteiger partial charge in [0.15, 0.2) is 0 Å². The minimum Gasteiger partial charge on any atom is -0.494 e. The van der Waals surface area contributed by atoms with Crippen LogP contribution in [0.5, 0.6) is 11.8 Å². The first-order chi connectivity index (χ1) is 11.7. The second kappa shape index (κ2) is 5.82. The number of rotatable bonds is 0. The van der Waals surface area contributed by atoms with Gasteiger partial charge in [-0.15, -0.1) is 0 Å². The van der Waals surface area contributed by atoms with Crippen LogP contribution in [0.2, 0.25) is 0 Å². The lowest BCUT2D eigenvalue weighted by molar-refractivity contribution is 0.0514. The van der Waals surface area contributed by atoms with E-state index in [-0.39, 0.29) is 21.5 Å². The summed E-state index contributed by atoms with van der Waals surface area (Å²) in [6.07, 6.45) is -1.72. The second-order valence-corrected chi connectivity index (χ2v) is 7.92. The summed E-state index contributed by atoms with van der Waals surface area (Å²) in [5.41, 5.74) is -1.59. The molecule has 0 saturated heterocycles. The summed E-state index contributed by atoms with van der Waals surface area (Å²) in [7, 11) is 0. The third-order valence-corrected chi connectivity index (χ3v) is 3.39. The topological polar surface area (TPSA) is 103 Å². The number of hydrogen-bond acceptors (Lipinski definition) is 6. The van der Waals surface area contributed by atoms with Crippen LogP contribution in [-0.2, 0) is 9.47 Å². The molecule has 2 aromatic heterocycles. The molecule has 2 N–H and O–H groups in total. The van der Waals surface area contributed by atoms with Crippen molar-refractivity contribution in [2.45, 2.75) is 52.7 Å². The van der Waals surface area contributed by atoms with E-state index in [1.165, 1.54) is 0 Å². The number of nitrogens with zero attached hydrogens (tertiary/aromatic N) is 2. The third-order valence-electron chi connectivity index (χ3n) is 3.39. The second-order valence-electron chi connectivity index (χ2n) is 7.92. The fourth-order valence-corrected chi connectivity index (χ4v) is 2.48. The van der Waals surface area contributed by atoms with Gasteiger partial charge in [0.2, 0.25) is 11.8 Å². The summed E-state index contributed by atoms with van der Waals surface area (Å²) in [6, 6.07) is 0. The zero-order valence-electron chi connectivity index (χ0n) is 15.8. The number of hydrogen-bond donors (Lipinski definition) is 2. The molecule has 2 aromatic rings. The first-order valence-electron chi connectivity index (χ1n) is 7.97. The van der Waals surface area contributed by atoms with Gasteiger partial charge >= 0.3 is 12.2 Å². The SMILES string of the molecule is C=c1c2c(O)n(C(=O)OC(C)(C)C)c(=C)c2c(O)n1C(=O)OC(C)(C)C. The molecule has 0 aliphatic carbocycles. The Labute approximate surface area is 150 Å². The number of fused-ring (bicyclic) bond motifs is 1. The normalized spacial score (nSPS) is 12.4.